The third-order valence-corrected chi connectivity index (χ3v) is 5.58. The minimum Gasteiger partial charge on any atom is -0.354 e. The first-order valence-electron chi connectivity index (χ1n) is 9.68. The van der Waals surface area contributed by atoms with Gasteiger partial charge in [0.25, 0.3) is 5.91 Å². The van der Waals surface area contributed by atoms with Gasteiger partial charge < -0.3 is 10.2 Å². The van der Waals surface area contributed by atoms with Crippen LogP contribution in [0.1, 0.15) is 15.9 Å². The quantitative estimate of drug-likeness (QED) is 0.637. The highest BCUT2D eigenvalue weighted by atomic mass is 35.5. The van der Waals surface area contributed by atoms with Crippen LogP contribution in [0.4, 0.5) is 11.6 Å². The molecule has 6 nitrogen and oxygen atoms in total. The second kappa shape index (κ2) is 9.43. The number of carbonyl (C=O) groups is 1. The summed E-state index contributed by atoms with van der Waals surface area (Å²) in [6.45, 7) is 4.55. The Morgan fingerprint density at radius 2 is 1.73 bits per heavy atom. The topological polar surface area (TPSA) is 61.4 Å². The van der Waals surface area contributed by atoms with Gasteiger partial charge in [0.2, 0.25) is 0 Å². The van der Waals surface area contributed by atoms with E-state index < -0.39 is 0 Å². The fourth-order valence-electron chi connectivity index (χ4n) is 3.42. The number of nitrogens with zero attached hydrogens (tertiary/aromatic N) is 4. The molecule has 3 aromatic rings. The summed E-state index contributed by atoms with van der Waals surface area (Å²) in [4.78, 5) is 25.7. The highest BCUT2D eigenvalue weighted by Gasteiger charge is 2.19. The third kappa shape index (κ3) is 5.08. The van der Waals surface area contributed by atoms with Gasteiger partial charge >= 0.3 is 0 Å². The largest absolute Gasteiger partial charge is 0.354 e. The lowest BCUT2D eigenvalue weighted by molar-refractivity contribution is 0.102. The van der Waals surface area contributed by atoms with Crippen LogP contribution >= 0.6 is 23.2 Å². The molecule has 1 saturated heterocycles. The van der Waals surface area contributed by atoms with E-state index in [1.165, 1.54) is 18.0 Å². The Hall–Kier alpha value is -2.67. The molecule has 1 aromatic heterocycles. The van der Waals surface area contributed by atoms with E-state index in [1.807, 2.05) is 6.07 Å². The van der Waals surface area contributed by atoms with Gasteiger partial charge in [-0.25, -0.2) is 9.97 Å². The number of benzene rings is 2. The van der Waals surface area contributed by atoms with Crippen LogP contribution in [-0.4, -0.2) is 47.0 Å². The Balaban J connectivity index is 1.38. The molecule has 0 radical (unpaired) electrons. The molecule has 0 spiro atoms. The molecule has 2 heterocycles. The predicted octanol–water partition coefficient (Wildman–Crippen LogP) is 4.36. The molecule has 4 rings (SSSR count). The van der Waals surface area contributed by atoms with Gasteiger partial charge in [-0.05, 0) is 23.8 Å². The van der Waals surface area contributed by atoms with E-state index in [0.717, 1.165) is 38.5 Å². The molecule has 1 amide bonds. The molecule has 0 aliphatic carbocycles. The summed E-state index contributed by atoms with van der Waals surface area (Å²) >= 11 is 12.1. The van der Waals surface area contributed by atoms with Crippen LogP contribution in [0.25, 0.3) is 0 Å². The maximum atomic E-state index is 12.6. The van der Waals surface area contributed by atoms with Crippen molar-refractivity contribution in [2.24, 2.45) is 0 Å². The number of amides is 1. The van der Waals surface area contributed by atoms with E-state index >= 15 is 0 Å². The molecule has 30 heavy (non-hydrogen) atoms. The molecule has 0 bridgehead atoms. The van der Waals surface area contributed by atoms with Gasteiger partial charge in [0.15, 0.2) is 0 Å². The summed E-state index contributed by atoms with van der Waals surface area (Å²) in [6.07, 6.45) is 1.46. The highest BCUT2D eigenvalue weighted by Crippen LogP contribution is 2.22. The molecule has 8 heteroatoms. The molecule has 1 aliphatic heterocycles. The van der Waals surface area contributed by atoms with Crippen LogP contribution in [0.3, 0.4) is 0 Å². The Labute approximate surface area is 185 Å². The first-order chi connectivity index (χ1) is 14.6. The van der Waals surface area contributed by atoms with Gasteiger partial charge in [0.1, 0.15) is 18.0 Å². The number of hydrogen-bond acceptors (Lipinski definition) is 5. The van der Waals surface area contributed by atoms with Gasteiger partial charge in [0, 0.05) is 43.8 Å². The summed E-state index contributed by atoms with van der Waals surface area (Å²) < 4.78 is 0. The van der Waals surface area contributed by atoms with Gasteiger partial charge in [-0.3, -0.25) is 9.69 Å². The lowest BCUT2D eigenvalue weighted by Crippen LogP contribution is -2.46. The molecule has 154 valence electrons. The van der Waals surface area contributed by atoms with E-state index in [-0.39, 0.29) is 5.91 Å². The normalized spacial score (nSPS) is 14.5. The minimum absolute atomic E-state index is 0.304. The molecule has 0 unspecified atom stereocenters. The second-order valence-electron chi connectivity index (χ2n) is 7.09. The summed E-state index contributed by atoms with van der Waals surface area (Å²) in [5.74, 6) is 0.851. The molecule has 1 fully saturated rings. The summed E-state index contributed by atoms with van der Waals surface area (Å²) in [5, 5.41) is 3.56. The van der Waals surface area contributed by atoms with Gasteiger partial charge in [-0.2, -0.15) is 0 Å². The van der Waals surface area contributed by atoms with Crippen LogP contribution in [0.5, 0.6) is 0 Å². The average molecular weight is 442 g/mol. The lowest BCUT2D eigenvalue weighted by atomic mass is 10.2. The number of anilines is 2. The summed E-state index contributed by atoms with van der Waals surface area (Å²) in [7, 11) is 0. The number of carbonyl (C=O) groups excluding carboxylic acids is 1. The molecule has 1 N–H and O–H groups in total. The van der Waals surface area contributed by atoms with E-state index in [1.54, 1.807) is 18.2 Å². The van der Waals surface area contributed by atoms with Crippen molar-refractivity contribution in [3.8, 4) is 0 Å². The van der Waals surface area contributed by atoms with E-state index in [9.17, 15) is 4.79 Å². The van der Waals surface area contributed by atoms with Gasteiger partial charge in [0.05, 0.1) is 10.6 Å². The Kier molecular flexibility index (Phi) is 6.47. The van der Waals surface area contributed by atoms with Crippen LogP contribution < -0.4 is 10.2 Å². The smallest absolute Gasteiger partial charge is 0.258 e. The summed E-state index contributed by atoms with van der Waals surface area (Å²) in [6, 6.07) is 17.0. The first kappa shape index (κ1) is 20.6. The van der Waals surface area contributed by atoms with Crippen LogP contribution in [0.15, 0.2) is 60.9 Å². The minimum atomic E-state index is -0.361. The van der Waals surface area contributed by atoms with Crippen LogP contribution in [0.2, 0.25) is 10.0 Å². The number of halogens is 2. The molecular weight excluding hydrogens is 421 g/mol. The Bertz CT molecular complexity index is 1020. The van der Waals surface area contributed by atoms with Crippen molar-refractivity contribution in [3.05, 3.63) is 82.1 Å². The molecular formula is C22H21Cl2N5O. The fraction of sp³-hybridized carbons (Fsp3) is 0.227. The fourth-order valence-corrected chi connectivity index (χ4v) is 3.80. The van der Waals surface area contributed by atoms with Crippen molar-refractivity contribution in [1.82, 2.24) is 14.9 Å². The zero-order chi connectivity index (χ0) is 20.9. The zero-order valence-electron chi connectivity index (χ0n) is 16.3. The maximum Gasteiger partial charge on any atom is 0.258 e. The van der Waals surface area contributed by atoms with Gasteiger partial charge in [-0.1, -0.05) is 53.5 Å². The number of piperazine rings is 1. The summed E-state index contributed by atoms with van der Waals surface area (Å²) in [5.41, 5.74) is 1.62. The number of rotatable bonds is 5. The van der Waals surface area contributed by atoms with Gasteiger partial charge in [-0.15, -0.1) is 0 Å². The van der Waals surface area contributed by atoms with Crippen molar-refractivity contribution < 1.29 is 4.79 Å². The van der Waals surface area contributed by atoms with E-state index in [0.29, 0.717) is 21.4 Å². The first-order valence-corrected chi connectivity index (χ1v) is 10.4. The van der Waals surface area contributed by atoms with Crippen LogP contribution in [-0.2, 0) is 6.54 Å². The standard InChI is InChI=1S/C22H21Cl2N5O/c23-17-6-7-19(24)18(12-17)22(30)27-20-13-21(26-15-25-20)29-10-8-28(9-11-29)14-16-4-2-1-3-5-16/h1-7,12-13,15H,8-11,14H2,(H,25,26,27,30). The second-order valence-corrected chi connectivity index (χ2v) is 7.93. The van der Waals surface area contributed by atoms with Crippen molar-refractivity contribution in [2.75, 3.05) is 36.4 Å². The van der Waals surface area contributed by atoms with Crippen molar-refractivity contribution in [1.29, 1.82) is 0 Å². The molecule has 0 saturated carbocycles. The SMILES string of the molecule is O=C(Nc1cc(N2CCN(Cc3ccccc3)CC2)ncn1)c1cc(Cl)ccc1Cl. The van der Waals surface area contributed by atoms with Crippen molar-refractivity contribution in [2.45, 2.75) is 6.54 Å². The Morgan fingerprint density at radius 3 is 2.50 bits per heavy atom. The zero-order valence-corrected chi connectivity index (χ0v) is 17.8. The van der Waals surface area contributed by atoms with Crippen molar-refractivity contribution in [3.63, 3.8) is 0 Å². The highest BCUT2D eigenvalue weighted by molar-refractivity contribution is 6.36. The van der Waals surface area contributed by atoms with E-state index in [2.05, 4.69) is 49.4 Å². The van der Waals surface area contributed by atoms with E-state index in [4.69, 9.17) is 23.2 Å². The molecule has 2 aromatic carbocycles. The molecule has 1 aliphatic rings. The van der Waals surface area contributed by atoms with Crippen molar-refractivity contribution >= 4 is 40.7 Å². The maximum absolute atomic E-state index is 12.6. The number of nitrogens with one attached hydrogen (secondary N) is 1. The number of aromatic nitrogens is 2. The predicted molar refractivity (Wildman–Crippen MR) is 120 cm³/mol. The average Bonchev–Trinajstić information content (AvgIpc) is 2.77. The van der Waals surface area contributed by atoms with Crippen LogP contribution in [0, 0.1) is 0 Å². The monoisotopic (exact) mass is 441 g/mol. The molecule has 0 atom stereocenters. The number of hydrogen-bond donors (Lipinski definition) is 1. The lowest BCUT2D eigenvalue weighted by Gasteiger charge is -2.35. The third-order valence-electron chi connectivity index (χ3n) is 5.01. The Morgan fingerprint density at radius 1 is 0.967 bits per heavy atom.